The molecule has 0 N–H and O–H groups in total. The fraction of sp³-hybridized carbons (Fsp3) is 0.333. The van der Waals surface area contributed by atoms with Gasteiger partial charge in [0.05, 0.1) is 17.0 Å². The number of Topliss-reactive ketones (excluding diaryl/α,β-unsaturated/α-hetero) is 1. The quantitative estimate of drug-likeness (QED) is 0.790. The number of hydrogen-bond acceptors (Lipinski definition) is 4. The summed E-state index contributed by atoms with van der Waals surface area (Å²) in [6.45, 7) is 2.00. The molecule has 2 aromatic rings. The minimum atomic E-state index is -3.31. The lowest BCUT2D eigenvalue weighted by molar-refractivity contribution is 0.0990. The minimum absolute atomic E-state index is 0.119. The maximum absolute atomic E-state index is 12.3. The van der Waals surface area contributed by atoms with E-state index < -0.39 is 9.84 Å². The Hall–Kier alpha value is -1.95. The molecule has 1 aromatic heterocycles. The molecule has 112 valence electrons. The molecule has 0 amide bonds. The van der Waals surface area contributed by atoms with Gasteiger partial charge in [-0.3, -0.25) is 9.48 Å². The first-order chi connectivity index (χ1) is 9.81. The second kappa shape index (κ2) is 5.81. The molecule has 1 heterocycles. The Kier molecular flexibility index (Phi) is 4.27. The highest BCUT2D eigenvalue weighted by Crippen LogP contribution is 2.14. The predicted molar refractivity (Wildman–Crippen MR) is 80.2 cm³/mol. The first-order valence-corrected chi connectivity index (χ1v) is 8.55. The van der Waals surface area contributed by atoms with Gasteiger partial charge >= 0.3 is 0 Å². The number of ketones is 1. The van der Waals surface area contributed by atoms with E-state index in [4.69, 9.17) is 0 Å². The van der Waals surface area contributed by atoms with E-state index in [1.54, 1.807) is 23.9 Å². The van der Waals surface area contributed by atoms with Crippen LogP contribution in [0.15, 0.2) is 35.2 Å². The van der Waals surface area contributed by atoms with Gasteiger partial charge in [-0.2, -0.15) is 5.10 Å². The summed E-state index contributed by atoms with van der Waals surface area (Å²) in [7, 11) is -1.51. The number of benzene rings is 1. The Labute approximate surface area is 124 Å². The topological polar surface area (TPSA) is 69.0 Å². The van der Waals surface area contributed by atoms with Crippen molar-refractivity contribution in [2.24, 2.45) is 7.05 Å². The van der Waals surface area contributed by atoms with Crippen LogP contribution in [-0.4, -0.2) is 30.2 Å². The molecule has 0 spiro atoms. The van der Waals surface area contributed by atoms with Crippen molar-refractivity contribution in [3.8, 4) is 0 Å². The van der Waals surface area contributed by atoms with Gasteiger partial charge in [0.25, 0.3) is 0 Å². The number of hydrogen-bond donors (Lipinski definition) is 0. The van der Waals surface area contributed by atoms with Crippen LogP contribution in [0.25, 0.3) is 0 Å². The number of sulfone groups is 1. The molecule has 0 saturated heterocycles. The number of nitrogens with zero attached hydrogens (tertiary/aromatic N) is 2. The van der Waals surface area contributed by atoms with Crippen LogP contribution in [0, 0.1) is 0 Å². The summed E-state index contributed by atoms with van der Waals surface area (Å²) in [4.78, 5) is 12.5. The predicted octanol–water partition coefficient (Wildman–Crippen LogP) is 1.81. The fourth-order valence-electron chi connectivity index (χ4n) is 2.08. The van der Waals surface area contributed by atoms with Crippen LogP contribution >= 0.6 is 0 Å². The molecule has 0 unspecified atom stereocenters. The molecule has 5 nitrogen and oxygen atoms in total. The molecule has 0 radical (unpaired) electrons. The van der Waals surface area contributed by atoms with E-state index in [9.17, 15) is 13.2 Å². The van der Waals surface area contributed by atoms with Gasteiger partial charge in [-0.1, -0.05) is 19.1 Å². The maximum atomic E-state index is 12.3. The molecule has 0 aliphatic carbocycles. The smallest absolute Gasteiger partial charge is 0.175 e. The van der Waals surface area contributed by atoms with E-state index in [1.807, 2.05) is 13.0 Å². The van der Waals surface area contributed by atoms with E-state index >= 15 is 0 Å². The third kappa shape index (κ3) is 3.58. The molecule has 0 aliphatic heterocycles. The number of aryl methyl sites for hydroxylation is 2. The van der Waals surface area contributed by atoms with Gasteiger partial charge in [0.1, 0.15) is 0 Å². The summed E-state index contributed by atoms with van der Waals surface area (Å²) in [5, 5.41) is 4.30. The number of carbonyl (C=O) groups is 1. The Morgan fingerprint density at radius 2 is 2.00 bits per heavy atom. The van der Waals surface area contributed by atoms with Gasteiger partial charge in [0.15, 0.2) is 15.6 Å². The van der Waals surface area contributed by atoms with E-state index in [0.717, 1.165) is 24.1 Å². The zero-order valence-electron chi connectivity index (χ0n) is 12.3. The average molecular weight is 306 g/mol. The Balaban J connectivity index is 2.26. The van der Waals surface area contributed by atoms with Gasteiger partial charge in [-0.05, 0) is 24.6 Å². The van der Waals surface area contributed by atoms with E-state index in [0.29, 0.717) is 5.56 Å². The Morgan fingerprint density at radius 3 is 2.57 bits per heavy atom. The summed E-state index contributed by atoms with van der Waals surface area (Å²) in [5.74, 6) is -0.119. The number of rotatable bonds is 5. The fourth-order valence-corrected chi connectivity index (χ4v) is 2.74. The molecular formula is C15H18N2O3S. The van der Waals surface area contributed by atoms with E-state index in [-0.39, 0.29) is 17.1 Å². The molecule has 1 aromatic carbocycles. The minimum Gasteiger partial charge on any atom is -0.294 e. The summed E-state index contributed by atoms with van der Waals surface area (Å²) in [5.41, 5.74) is 2.16. The van der Waals surface area contributed by atoms with Crippen LogP contribution in [0.3, 0.4) is 0 Å². The molecule has 0 atom stereocenters. The highest BCUT2D eigenvalue weighted by atomic mass is 32.2. The van der Waals surface area contributed by atoms with Crippen LogP contribution in [0.4, 0.5) is 0 Å². The molecule has 21 heavy (non-hydrogen) atoms. The van der Waals surface area contributed by atoms with Gasteiger partial charge in [0, 0.05) is 24.6 Å². The Morgan fingerprint density at radius 1 is 1.29 bits per heavy atom. The van der Waals surface area contributed by atoms with Crippen molar-refractivity contribution in [1.29, 1.82) is 0 Å². The third-order valence-corrected chi connectivity index (χ3v) is 4.43. The van der Waals surface area contributed by atoms with Crippen LogP contribution in [0.2, 0.25) is 0 Å². The summed E-state index contributed by atoms with van der Waals surface area (Å²) < 4.78 is 24.8. The normalized spacial score (nSPS) is 11.6. The van der Waals surface area contributed by atoms with Crippen LogP contribution in [0.1, 0.15) is 28.7 Å². The first-order valence-electron chi connectivity index (χ1n) is 6.66. The summed E-state index contributed by atoms with van der Waals surface area (Å²) in [6, 6.07) is 8.04. The summed E-state index contributed by atoms with van der Waals surface area (Å²) >= 11 is 0. The molecule has 0 aliphatic rings. The van der Waals surface area contributed by atoms with Gasteiger partial charge < -0.3 is 0 Å². The largest absolute Gasteiger partial charge is 0.294 e. The molecule has 0 bridgehead atoms. The van der Waals surface area contributed by atoms with Crippen LogP contribution < -0.4 is 0 Å². The number of aromatic nitrogens is 2. The zero-order valence-corrected chi connectivity index (χ0v) is 13.1. The zero-order chi connectivity index (χ0) is 15.6. The molecule has 0 fully saturated rings. The molecule has 2 rings (SSSR count). The first kappa shape index (κ1) is 15.4. The standard InChI is InChI=1S/C15H18N2O3S/c1-4-12-9-13(17(2)16-12)10-15(18)11-6-5-7-14(8-11)21(3,19)20/h5-9H,4,10H2,1-3H3. The van der Waals surface area contributed by atoms with E-state index in [2.05, 4.69) is 5.10 Å². The lowest BCUT2D eigenvalue weighted by Gasteiger charge is -2.04. The van der Waals surface area contributed by atoms with Crippen molar-refractivity contribution >= 4 is 15.6 Å². The van der Waals surface area contributed by atoms with Crippen molar-refractivity contribution < 1.29 is 13.2 Å². The summed E-state index contributed by atoms with van der Waals surface area (Å²) in [6.07, 6.45) is 2.15. The van der Waals surface area contributed by atoms with Crippen molar-refractivity contribution in [2.75, 3.05) is 6.26 Å². The molecular weight excluding hydrogens is 288 g/mol. The molecule has 6 heteroatoms. The van der Waals surface area contributed by atoms with Crippen molar-refractivity contribution in [2.45, 2.75) is 24.7 Å². The second-order valence-electron chi connectivity index (χ2n) is 5.00. The van der Waals surface area contributed by atoms with Crippen molar-refractivity contribution in [1.82, 2.24) is 9.78 Å². The van der Waals surface area contributed by atoms with Crippen LogP contribution in [-0.2, 0) is 29.7 Å². The lowest BCUT2D eigenvalue weighted by Crippen LogP contribution is -2.09. The third-order valence-electron chi connectivity index (χ3n) is 3.32. The van der Waals surface area contributed by atoms with E-state index in [1.165, 1.54) is 12.1 Å². The maximum Gasteiger partial charge on any atom is 0.175 e. The highest BCUT2D eigenvalue weighted by Gasteiger charge is 2.14. The Bertz CT molecular complexity index is 776. The lowest BCUT2D eigenvalue weighted by atomic mass is 10.1. The van der Waals surface area contributed by atoms with Gasteiger partial charge in [-0.15, -0.1) is 0 Å². The SMILES string of the molecule is CCc1cc(CC(=O)c2cccc(S(C)(=O)=O)c2)n(C)n1. The van der Waals surface area contributed by atoms with Gasteiger partial charge in [0.2, 0.25) is 0 Å². The average Bonchev–Trinajstić information content (AvgIpc) is 2.78. The van der Waals surface area contributed by atoms with Crippen molar-refractivity contribution in [3.05, 3.63) is 47.3 Å². The highest BCUT2D eigenvalue weighted by molar-refractivity contribution is 7.90. The van der Waals surface area contributed by atoms with Gasteiger partial charge in [-0.25, -0.2) is 8.42 Å². The van der Waals surface area contributed by atoms with Crippen molar-refractivity contribution in [3.63, 3.8) is 0 Å². The van der Waals surface area contributed by atoms with Crippen LogP contribution in [0.5, 0.6) is 0 Å². The molecule has 0 saturated carbocycles. The second-order valence-corrected chi connectivity index (χ2v) is 7.02. The monoisotopic (exact) mass is 306 g/mol. The number of carbonyl (C=O) groups excluding carboxylic acids is 1.